The highest BCUT2D eigenvalue weighted by Crippen LogP contribution is 2.40. The number of hydrogen-bond acceptors (Lipinski definition) is 6. The van der Waals surface area contributed by atoms with Crippen LogP contribution in [0.25, 0.3) is 0 Å². The van der Waals surface area contributed by atoms with Gasteiger partial charge in [-0.1, -0.05) is 23.9 Å². The van der Waals surface area contributed by atoms with Crippen LogP contribution in [-0.2, 0) is 10.9 Å². The summed E-state index contributed by atoms with van der Waals surface area (Å²) in [7, 11) is 0. The number of carbonyl (C=O) groups excluding carboxylic acids is 2. The zero-order chi connectivity index (χ0) is 24.2. The van der Waals surface area contributed by atoms with Gasteiger partial charge in [-0.2, -0.15) is 13.2 Å². The molecule has 0 N–H and O–H groups in total. The van der Waals surface area contributed by atoms with Crippen molar-refractivity contribution in [3.63, 3.8) is 0 Å². The molecule has 0 aliphatic heterocycles. The van der Waals surface area contributed by atoms with Crippen LogP contribution in [0.5, 0.6) is 0 Å². The highest BCUT2D eigenvalue weighted by Gasteiger charge is 2.33. The van der Waals surface area contributed by atoms with E-state index >= 15 is 0 Å². The molecule has 0 aliphatic carbocycles. The van der Waals surface area contributed by atoms with Gasteiger partial charge in [-0.15, -0.1) is 0 Å². The van der Waals surface area contributed by atoms with Gasteiger partial charge in [-0.25, -0.2) is 9.18 Å². The number of alkyl halides is 3. The Morgan fingerprint density at radius 2 is 1.64 bits per heavy atom. The largest absolute Gasteiger partial charge is 0.454 e. The van der Waals surface area contributed by atoms with Crippen LogP contribution >= 0.6 is 11.8 Å². The number of nitro groups is 1. The van der Waals surface area contributed by atoms with Crippen molar-refractivity contribution in [3.05, 3.63) is 99.4 Å². The van der Waals surface area contributed by atoms with Gasteiger partial charge in [0.05, 0.1) is 20.9 Å². The minimum atomic E-state index is -4.76. The lowest BCUT2D eigenvalue weighted by molar-refractivity contribution is -0.388. The molecule has 0 heterocycles. The van der Waals surface area contributed by atoms with Crippen molar-refractivity contribution >= 4 is 29.2 Å². The van der Waals surface area contributed by atoms with Crippen LogP contribution < -0.4 is 0 Å². The molecule has 0 amide bonds. The molecule has 0 bridgehead atoms. The number of nitro benzene ring substituents is 1. The van der Waals surface area contributed by atoms with Gasteiger partial charge < -0.3 is 4.74 Å². The molecule has 33 heavy (non-hydrogen) atoms. The SMILES string of the molecule is O=C(COC(=O)c1ccccc1Sc1ccc(C(F)(F)F)cc1[N+](=O)[O-])c1ccc(F)cc1. The molecular formula is C22H13F4NO5S. The Morgan fingerprint density at radius 3 is 2.27 bits per heavy atom. The van der Waals surface area contributed by atoms with Crippen molar-refractivity contribution in [1.29, 1.82) is 0 Å². The fourth-order valence-electron chi connectivity index (χ4n) is 2.69. The molecule has 0 saturated heterocycles. The van der Waals surface area contributed by atoms with Crippen LogP contribution in [0.2, 0.25) is 0 Å². The van der Waals surface area contributed by atoms with E-state index in [1.807, 2.05) is 0 Å². The normalized spacial score (nSPS) is 11.2. The van der Waals surface area contributed by atoms with E-state index in [0.29, 0.717) is 23.9 Å². The number of rotatable bonds is 7. The molecule has 170 valence electrons. The Hall–Kier alpha value is -3.73. The minimum absolute atomic E-state index is 0.0383. The Balaban J connectivity index is 1.80. The Labute approximate surface area is 188 Å². The van der Waals surface area contributed by atoms with E-state index in [4.69, 9.17) is 4.74 Å². The van der Waals surface area contributed by atoms with Crippen LogP contribution in [0.3, 0.4) is 0 Å². The predicted octanol–water partition coefficient (Wildman–Crippen LogP) is 5.94. The van der Waals surface area contributed by atoms with Crippen molar-refractivity contribution in [2.45, 2.75) is 16.0 Å². The summed E-state index contributed by atoms with van der Waals surface area (Å²) in [4.78, 5) is 35.1. The summed E-state index contributed by atoms with van der Waals surface area (Å²) in [5.41, 5.74) is -1.86. The maximum Gasteiger partial charge on any atom is 0.416 e. The van der Waals surface area contributed by atoms with Crippen LogP contribution in [0.15, 0.2) is 76.5 Å². The molecule has 0 unspecified atom stereocenters. The second-order valence-corrected chi connectivity index (χ2v) is 7.63. The van der Waals surface area contributed by atoms with Crippen molar-refractivity contribution < 1.29 is 36.8 Å². The Kier molecular flexibility index (Phi) is 7.12. The average Bonchev–Trinajstić information content (AvgIpc) is 2.77. The molecule has 0 fully saturated rings. The van der Waals surface area contributed by atoms with Crippen LogP contribution in [-0.4, -0.2) is 23.3 Å². The maximum atomic E-state index is 13.0. The number of ketones is 1. The lowest BCUT2D eigenvalue weighted by Crippen LogP contribution is -2.15. The van der Waals surface area contributed by atoms with E-state index in [1.165, 1.54) is 36.4 Å². The summed E-state index contributed by atoms with van der Waals surface area (Å²) in [6.07, 6.45) is -4.76. The Morgan fingerprint density at radius 1 is 0.970 bits per heavy atom. The number of nitrogens with zero attached hydrogens (tertiary/aromatic N) is 1. The first-order valence-corrected chi connectivity index (χ1v) is 9.96. The molecule has 3 aromatic carbocycles. The summed E-state index contributed by atoms with van der Waals surface area (Å²) in [5, 5.41) is 11.3. The van der Waals surface area contributed by atoms with E-state index in [9.17, 15) is 37.3 Å². The van der Waals surface area contributed by atoms with Crippen LogP contribution in [0.4, 0.5) is 23.2 Å². The fraction of sp³-hybridized carbons (Fsp3) is 0.0909. The number of benzene rings is 3. The Bertz CT molecular complexity index is 1210. The molecule has 3 rings (SSSR count). The molecule has 0 saturated carbocycles. The number of Topliss-reactive ketones (excluding diaryl/α,β-unsaturated/α-hetero) is 1. The second-order valence-electron chi connectivity index (χ2n) is 6.54. The molecule has 0 atom stereocenters. The van der Waals surface area contributed by atoms with Crippen LogP contribution in [0, 0.1) is 15.9 Å². The van der Waals surface area contributed by atoms with E-state index in [0.717, 1.165) is 18.2 Å². The minimum Gasteiger partial charge on any atom is -0.454 e. The van der Waals surface area contributed by atoms with Gasteiger partial charge in [0.2, 0.25) is 0 Å². The quantitative estimate of drug-likeness (QED) is 0.137. The zero-order valence-electron chi connectivity index (χ0n) is 16.5. The van der Waals surface area contributed by atoms with Crippen LogP contribution in [0.1, 0.15) is 26.3 Å². The monoisotopic (exact) mass is 479 g/mol. The molecule has 6 nitrogen and oxygen atoms in total. The topological polar surface area (TPSA) is 86.5 Å². The molecule has 0 aliphatic rings. The molecule has 0 spiro atoms. The molecule has 0 radical (unpaired) electrons. The summed E-state index contributed by atoms with van der Waals surface area (Å²) in [5.74, 6) is -2.03. The van der Waals surface area contributed by atoms with E-state index in [-0.39, 0.29) is 20.9 Å². The summed E-state index contributed by atoms with van der Waals surface area (Å²) < 4.78 is 56.7. The summed E-state index contributed by atoms with van der Waals surface area (Å²) in [6.45, 7) is -0.635. The predicted molar refractivity (Wildman–Crippen MR) is 110 cm³/mol. The maximum absolute atomic E-state index is 13.0. The third kappa shape index (κ3) is 5.95. The first kappa shape index (κ1) is 23.9. The molecular weight excluding hydrogens is 466 g/mol. The summed E-state index contributed by atoms with van der Waals surface area (Å²) in [6, 6.07) is 12.5. The first-order valence-electron chi connectivity index (χ1n) is 9.14. The van der Waals surface area contributed by atoms with E-state index in [1.54, 1.807) is 0 Å². The molecule has 3 aromatic rings. The smallest absolute Gasteiger partial charge is 0.416 e. The third-order valence-corrected chi connectivity index (χ3v) is 5.45. The van der Waals surface area contributed by atoms with Crippen molar-refractivity contribution in [2.75, 3.05) is 6.61 Å². The first-order chi connectivity index (χ1) is 15.6. The number of carbonyl (C=O) groups is 2. The molecule has 11 heteroatoms. The van der Waals surface area contributed by atoms with Crippen molar-refractivity contribution in [2.24, 2.45) is 0 Å². The van der Waals surface area contributed by atoms with Gasteiger partial charge in [-0.3, -0.25) is 14.9 Å². The molecule has 0 aromatic heterocycles. The van der Waals surface area contributed by atoms with E-state index in [2.05, 4.69) is 0 Å². The van der Waals surface area contributed by atoms with Crippen molar-refractivity contribution in [1.82, 2.24) is 0 Å². The van der Waals surface area contributed by atoms with Gasteiger partial charge in [0.1, 0.15) is 5.82 Å². The zero-order valence-corrected chi connectivity index (χ0v) is 17.3. The van der Waals surface area contributed by atoms with E-state index < -0.39 is 46.5 Å². The van der Waals surface area contributed by atoms with Gasteiger partial charge in [0.25, 0.3) is 5.69 Å². The van der Waals surface area contributed by atoms with Gasteiger partial charge in [0, 0.05) is 16.5 Å². The van der Waals surface area contributed by atoms with Crippen molar-refractivity contribution in [3.8, 4) is 0 Å². The second kappa shape index (κ2) is 9.82. The number of hydrogen-bond donors (Lipinski definition) is 0. The lowest BCUT2D eigenvalue weighted by Gasteiger charge is -2.11. The van der Waals surface area contributed by atoms with Gasteiger partial charge in [0.15, 0.2) is 12.4 Å². The lowest BCUT2D eigenvalue weighted by atomic mass is 10.1. The van der Waals surface area contributed by atoms with Gasteiger partial charge >= 0.3 is 12.1 Å². The number of esters is 1. The fourth-order valence-corrected chi connectivity index (χ4v) is 3.71. The average molecular weight is 479 g/mol. The van der Waals surface area contributed by atoms with Gasteiger partial charge in [-0.05, 0) is 48.5 Å². The number of ether oxygens (including phenoxy) is 1. The highest BCUT2D eigenvalue weighted by molar-refractivity contribution is 7.99. The third-order valence-electron chi connectivity index (χ3n) is 4.31. The standard InChI is InChI=1S/C22H13F4NO5S/c23-15-8-5-13(6-9-15)18(28)12-32-21(29)16-3-1-2-4-19(16)33-20-10-7-14(22(24,25)26)11-17(20)27(30)31/h1-11H,12H2. The summed E-state index contributed by atoms with van der Waals surface area (Å²) >= 11 is 0.713. The highest BCUT2D eigenvalue weighted by atomic mass is 32.2. The number of halogens is 4.